The van der Waals surface area contributed by atoms with Crippen LogP contribution >= 0.6 is 38.5 Å². The Morgan fingerprint density at radius 1 is 1.38 bits per heavy atom. The number of carbonyl (C=O) groups is 1. The third-order valence-electron chi connectivity index (χ3n) is 1.35. The molecule has 0 aromatic heterocycles. The first-order valence-electron chi connectivity index (χ1n) is 3.51. The van der Waals surface area contributed by atoms with E-state index >= 15 is 0 Å². The van der Waals surface area contributed by atoms with E-state index in [1.165, 1.54) is 0 Å². The van der Waals surface area contributed by atoms with Crippen LogP contribution in [-0.4, -0.2) is 5.91 Å². The van der Waals surface area contributed by atoms with E-state index in [4.69, 9.17) is 0 Å². The van der Waals surface area contributed by atoms with Crippen molar-refractivity contribution in [1.82, 2.24) is 0 Å². The van der Waals surface area contributed by atoms with Gasteiger partial charge in [-0.2, -0.15) is 0 Å². The van der Waals surface area contributed by atoms with E-state index in [2.05, 4.69) is 50.4 Å². The van der Waals surface area contributed by atoms with Crippen molar-refractivity contribution in [1.29, 1.82) is 0 Å². The fourth-order valence-corrected chi connectivity index (χ4v) is 1.19. The van der Waals surface area contributed by atoms with Crippen molar-refractivity contribution in [2.45, 2.75) is 0 Å². The molecule has 0 aliphatic carbocycles. The van der Waals surface area contributed by atoms with Gasteiger partial charge in [0.05, 0.1) is 4.48 Å². The quantitative estimate of drug-likeness (QED) is 0.643. The molecular formula is C9H7BrINO. The zero-order chi connectivity index (χ0) is 9.84. The maximum atomic E-state index is 11.1. The van der Waals surface area contributed by atoms with E-state index in [1.54, 1.807) is 0 Å². The van der Waals surface area contributed by atoms with E-state index in [-0.39, 0.29) is 5.91 Å². The molecule has 0 atom stereocenters. The summed E-state index contributed by atoms with van der Waals surface area (Å²) in [6.07, 6.45) is 0. The normalized spacial score (nSPS) is 9.38. The molecule has 0 saturated heterocycles. The molecule has 1 aromatic rings. The fraction of sp³-hybridized carbons (Fsp3) is 0. The molecule has 1 rings (SSSR count). The number of amides is 1. The molecule has 0 bridgehead atoms. The minimum absolute atomic E-state index is 0.221. The summed E-state index contributed by atoms with van der Waals surface area (Å²) in [6, 6.07) is 7.53. The summed E-state index contributed by atoms with van der Waals surface area (Å²) >= 11 is 5.21. The van der Waals surface area contributed by atoms with Crippen LogP contribution in [0, 0.1) is 3.57 Å². The van der Waals surface area contributed by atoms with Gasteiger partial charge in [-0.3, -0.25) is 4.79 Å². The SMILES string of the molecule is C=C(Br)C(=O)Nc1ccc(I)cc1. The fourth-order valence-electron chi connectivity index (χ4n) is 0.732. The molecular weight excluding hydrogens is 345 g/mol. The number of rotatable bonds is 2. The number of carbonyl (C=O) groups excluding carboxylic acids is 1. The lowest BCUT2D eigenvalue weighted by Crippen LogP contribution is -2.10. The van der Waals surface area contributed by atoms with Gasteiger partial charge in [0.2, 0.25) is 0 Å². The third-order valence-corrected chi connectivity index (χ3v) is 2.43. The molecule has 1 aromatic carbocycles. The summed E-state index contributed by atoms with van der Waals surface area (Å²) in [5, 5.41) is 2.68. The van der Waals surface area contributed by atoms with Crippen molar-refractivity contribution < 1.29 is 4.79 Å². The van der Waals surface area contributed by atoms with Crippen LogP contribution in [0.25, 0.3) is 0 Å². The van der Waals surface area contributed by atoms with Crippen molar-refractivity contribution in [3.05, 3.63) is 38.9 Å². The van der Waals surface area contributed by atoms with Gasteiger partial charge in [0, 0.05) is 9.26 Å². The van der Waals surface area contributed by atoms with Gasteiger partial charge in [-0.1, -0.05) is 6.58 Å². The van der Waals surface area contributed by atoms with Gasteiger partial charge in [-0.05, 0) is 62.8 Å². The summed E-state index contributed by atoms with van der Waals surface area (Å²) in [4.78, 5) is 11.1. The van der Waals surface area contributed by atoms with Gasteiger partial charge >= 0.3 is 0 Å². The zero-order valence-electron chi connectivity index (χ0n) is 6.68. The Labute approximate surface area is 98.7 Å². The molecule has 68 valence electrons. The van der Waals surface area contributed by atoms with Crippen LogP contribution in [0.5, 0.6) is 0 Å². The molecule has 4 heteroatoms. The van der Waals surface area contributed by atoms with E-state index in [0.717, 1.165) is 9.26 Å². The Bertz CT molecular complexity index is 334. The van der Waals surface area contributed by atoms with E-state index in [0.29, 0.717) is 4.48 Å². The minimum atomic E-state index is -0.221. The second-order valence-corrected chi connectivity index (χ2v) is 4.57. The third kappa shape index (κ3) is 3.48. The molecule has 0 aliphatic rings. The molecule has 0 saturated carbocycles. The summed E-state index contributed by atoms with van der Waals surface area (Å²) in [5.41, 5.74) is 0.769. The van der Waals surface area contributed by atoms with Crippen LogP contribution in [0.15, 0.2) is 35.3 Å². The molecule has 0 fully saturated rings. The molecule has 0 radical (unpaired) electrons. The lowest BCUT2D eigenvalue weighted by molar-refractivity contribution is -0.112. The van der Waals surface area contributed by atoms with E-state index < -0.39 is 0 Å². The number of halogens is 2. The second kappa shape index (κ2) is 4.76. The monoisotopic (exact) mass is 351 g/mol. The van der Waals surface area contributed by atoms with Crippen molar-refractivity contribution in [2.24, 2.45) is 0 Å². The zero-order valence-corrected chi connectivity index (χ0v) is 10.4. The second-order valence-electron chi connectivity index (χ2n) is 2.37. The minimum Gasteiger partial charge on any atom is -0.322 e. The lowest BCUT2D eigenvalue weighted by atomic mass is 10.3. The van der Waals surface area contributed by atoms with Gasteiger partial charge < -0.3 is 5.32 Å². The highest BCUT2D eigenvalue weighted by Crippen LogP contribution is 2.12. The highest BCUT2D eigenvalue weighted by molar-refractivity contribution is 14.1. The maximum Gasteiger partial charge on any atom is 0.262 e. The van der Waals surface area contributed by atoms with Gasteiger partial charge in [0.25, 0.3) is 5.91 Å². The van der Waals surface area contributed by atoms with Crippen molar-refractivity contribution in [3.8, 4) is 0 Å². The lowest BCUT2D eigenvalue weighted by Gasteiger charge is -2.02. The summed E-state index contributed by atoms with van der Waals surface area (Å²) in [6.45, 7) is 3.47. The Hall–Kier alpha value is -0.360. The first-order valence-corrected chi connectivity index (χ1v) is 5.38. The maximum absolute atomic E-state index is 11.1. The Kier molecular flexibility index (Phi) is 3.92. The van der Waals surface area contributed by atoms with E-state index in [1.807, 2.05) is 24.3 Å². The predicted molar refractivity (Wildman–Crippen MR) is 65.9 cm³/mol. The van der Waals surface area contributed by atoms with Crippen molar-refractivity contribution in [2.75, 3.05) is 5.32 Å². The average Bonchev–Trinajstić information content (AvgIpc) is 2.08. The summed E-state index contributed by atoms with van der Waals surface area (Å²) < 4.78 is 1.46. The van der Waals surface area contributed by atoms with Gasteiger partial charge in [-0.25, -0.2) is 0 Å². The van der Waals surface area contributed by atoms with Crippen molar-refractivity contribution in [3.63, 3.8) is 0 Å². The standard InChI is InChI=1S/C9H7BrINO/c1-6(10)9(13)12-8-4-2-7(11)3-5-8/h2-5H,1H2,(H,12,13). The Morgan fingerprint density at radius 3 is 2.38 bits per heavy atom. The van der Waals surface area contributed by atoms with Crippen molar-refractivity contribution >= 4 is 50.1 Å². The van der Waals surface area contributed by atoms with Gasteiger partial charge in [0.1, 0.15) is 0 Å². The predicted octanol–water partition coefficient (Wildman–Crippen LogP) is 3.14. The van der Waals surface area contributed by atoms with Crippen LogP contribution in [0.1, 0.15) is 0 Å². The molecule has 13 heavy (non-hydrogen) atoms. The van der Waals surface area contributed by atoms with E-state index in [9.17, 15) is 4.79 Å². The number of hydrogen-bond acceptors (Lipinski definition) is 1. The van der Waals surface area contributed by atoms with Crippen LogP contribution in [0.2, 0.25) is 0 Å². The van der Waals surface area contributed by atoms with Gasteiger partial charge in [-0.15, -0.1) is 0 Å². The summed E-state index contributed by atoms with van der Waals surface area (Å²) in [5.74, 6) is -0.221. The average molecular weight is 352 g/mol. The molecule has 1 N–H and O–H groups in total. The first-order chi connectivity index (χ1) is 6.09. The molecule has 1 amide bonds. The molecule has 0 spiro atoms. The van der Waals surface area contributed by atoms with Crippen LogP contribution in [0.4, 0.5) is 5.69 Å². The molecule has 0 unspecified atom stereocenters. The highest BCUT2D eigenvalue weighted by atomic mass is 127. The first kappa shape index (κ1) is 10.7. The Balaban J connectivity index is 2.70. The van der Waals surface area contributed by atoms with Crippen LogP contribution in [0.3, 0.4) is 0 Å². The van der Waals surface area contributed by atoms with Gasteiger partial charge in [0.15, 0.2) is 0 Å². The number of anilines is 1. The number of hydrogen-bond donors (Lipinski definition) is 1. The largest absolute Gasteiger partial charge is 0.322 e. The topological polar surface area (TPSA) is 29.1 Å². The number of benzene rings is 1. The summed E-state index contributed by atoms with van der Waals surface area (Å²) in [7, 11) is 0. The molecule has 0 heterocycles. The van der Waals surface area contributed by atoms with Crippen LogP contribution < -0.4 is 5.32 Å². The Morgan fingerprint density at radius 2 is 1.92 bits per heavy atom. The number of nitrogens with one attached hydrogen (secondary N) is 1. The molecule has 0 aliphatic heterocycles. The molecule has 2 nitrogen and oxygen atoms in total. The smallest absolute Gasteiger partial charge is 0.262 e. The van der Waals surface area contributed by atoms with Crippen LogP contribution in [-0.2, 0) is 4.79 Å². The highest BCUT2D eigenvalue weighted by Gasteiger charge is 2.02.